The first kappa shape index (κ1) is 22.2. The highest BCUT2D eigenvalue weighted by atomic mass is 32.1. The molecule has 2 N–H and O–H groups in total. The molecule has 0 aliphatic heterocycles. The summed E-state index contributed by atoms with van der Waals surface area (Å²) in [6.07, 6.45) is 1.57. The standard InChI is InChI=1S/C23H30N2O4S/c1-22(2,3)29-21(27)24-15-23(4,17-10-11-17)25-20(26)16-7-5-8-18(13-16)28-14-19-9-6-12-30-19/h5-9,12-13,17H,10-11,14-15H2,1-4H3,(H,24,27)(H,25,26). The summed E-state index contributed by atoms with van der Waals surface area (Å²) in [6.45, 7) is 8.22. The average molecular weight is 431 g/mol. The summed E-state index contributed by atoms with van der Waals surface area (Å²) < 4.78 is 11.1. The number of hydrogen-bond acceptors (Lipinski definition) is 5. The highest BCUT2D eigenvalue weighted by molar-refractivity contribution is 7.09. The highest BCUT2D eigenvalue weighted by Gasteiger charge is 2.43. The number of carbonyl (C=O) groups excluding carboxylic acids is 2. The van der Waals surface area contributed by atoms with Gasteiger partial charge in [0.05, 0.1) is 5.54 Å². The van der Waals surface area contributed by atoms with Crippen LogP contribution >= 0.6 is 11.3 Å². The number of amides is 2. The molecule has 6 nitrogen and oxygen atoms in total. The predicted molar refractivity (Wildman–Crippen MR) is 118 cm³/mol. The van der Waals surface area contributed by atoms with E-state index in [0.717, 1.165) is 17.7 Å². The van der Waals surface area contributed by atoms with E-state index in [2.05, 4.69) is 10.6 Å². The molecule has 1 aliphatic carbocycles. The van der Waals surface area contributed by atoms with Crippen LogP contribution in [0, 0.1) is 5.92 Å². The van der Waals surface area contributed by atoms with Gasteiger partial charge in [0.15, 0.2) is 0 Å². The minimum Gasteiger partial charge on any atom is -0.488 e. The van der Waals surface area contributed by atoms with E-state index in [1.54, 1.807) is 23.5 Å². The van der Waals surface area contributed by atoms with Crippen molar-refractivity contribution in [1.29, 1.82) is 0 Å². The number of ether oxygens (including phenoxy) is 2. The number of rotatable bonds is 8. The summed E-state index contributed by atoms with van der Waals surface area (Å²) in [4.78, 5) is 26.1. The van der Waals surface area contributed by atoms with Crippen LogP contribution in [0.1, 0.15) is 55.8 Å². The van der Waals surface area contributed by atoms with Gasteiger partial charge in [-0.05, 0) is 76.1 Å². The van der Waals surface area contributed by atoms with Crippen molar-refractivity contribution in [3.63, 3.8) is 0 Å². The maximum atomic E-state index is 12.9. The minimum absolute atomic E-state index is 0.183. The van der Waals surface area contributed by atoms with E-state index in [0.29, 0.717) is 30.4 Å². The number of alkyl carbamates (subject to hydrolysis) is 1. The third kappa shape index (κ3) is 6.49. The molecule has 3 rings (SSSR count). The summed E-state index contributed by atoms with van der Waals surface area (Å²) in [7, 11) is 0. The zero-order chi connectivity index (χ0) is 21.8. The molecule has 1 atom stereocenters. The number of nitrogens with one attached hydrogen (secondary N) is 2. The molecule has 2 amide bonds. The van der Waals surface area contributed by atoms with Crippen LogP contribution < -0.4 is 15.4 Å². The summed E-state index contributed by atoms with van der Waals surface area (Å²) in [6, 6.07) is 11.2. The Balaban J connectivity index is 1.60. The third-order valence-corrected chi connectivity index (χ3v) is 5.78. The van der Waals surface area contributed by atoms with E-state index in [9.17, 15) is 9.59 Å². The van der Waals surface area contributed by atoms with Crippen molar-refractivity contribution < 1.29 is 19.1 Å². The van der Waals surface area contributed by atoms with Gasteiger partial charge in [-0.15, -0.1) is 11.3 Å². The highest BCUT2D eigenvalue weighted by Crippen LogP contribution is 2.39. The lowest BCUT2D eigenvalue weighted by Gasteiger charge is -2.32. The van der Waals surface area contributed by atoms with E-state index < -0.39 is 17.2 Å². The van der Waals surface area contributed by atoms with Gasteiger partial charge in [-0.2, -0.15) is 0 Å². The van der Waals surface area contributed by atoms with Gasteiger partial charge in [-0.25, -0.2) is 4.79 Å². The largest absolute Gasteiger partial charge is 0.488 e. The van der Waals surface area contributed by atoms with E-state index in [-0.39, 0.29) is 5.91 Å². The Morgan fingerprint density at radius 2 is 1.90 bits per heavy atom. The molecular formula is C23H30N2O4S. The Kier molecular flexibility index (Phi) is 6.71. The summed E-state index contributed by atoms with van der Waals surface area (Å²) in [5.74, 6) is 0.794. The van der Waals surface area contributed by atoms with Crippen LogP contribution in [0.25, 0.3) is 0 Å². The van der Waals surface area contributed by atoms with Crippen molar-refractivity contribution in [3.8, 4) is 5.75 Å². The first-order valence-electron chi connectivity index (χ1n) is 10.2. The second-order valence-electron chi connectivity index (χ2n) is 8.90. The van der Waals surface area contributed by atoms with Gasteiger partial charge in [-0.3, -0.25) is 4.79 Å². The van der Waals surface area contributed by atoms with Crippen LogP contribution in [0.2, 0.25) is 0 Å². The van der Waals surface area contributed by atoms with Gasteiger partial charge in [-0.1, -0.05) is 12.1 Å². The van der Waals surface area contributed by atoms with Crippen LogP contribution in [0.4, 0.5) is 4.79 Å². The number of carbonyl (C=O) groups is 2. The van der Waals surface area contributed by atoms with E-state index in [4.69, 9.17) is 9.47 Å². The van der Waals surface area contributed by atoms with Crippen LogP contribution in [-0.4, -0.2) is 29.7 Å². The van der Waals surface area contributed by atoms with Crippen molar-refractivity contribution in [2.45, 2.75) is 58.3 Å². The Hall–Kier alpha value is -2.54. The monoisotopic (exact) mass is 430 g/mol. The topological polar surface area (TPSA) is 76.7 Å². The molecule has 0 radical (unpaired) electrons. The lowest BCUT2D eigenvalue weighted by molar-refractivity contribution is 0.0502. The van der Waals surface area contributed by atoms with Gasteiger partial charge >= 0.3 is 6.09 Å². The molecule has 1 aromatic heterocycles. The molecule has 1 saturated carbocycles. The van der Waals surface area contributed by atoms with Crippen molar-refractivity contribution in [2.75, 3.05) is 6.54 Å². The predicted octanol–water partition coefficient (Wildman–Crippen LogP) is 4.75. The molecule has 7 heteroatoms. The van der Waals surface area contributed by atoms with Gasteiger partial charge in [0.2, 0.25) is 0 Å². The Bertz CT molecular complexity index is 872. The van der Waals surface area contributed by atoms with E-state index >= 15 is 0 Å². The van der Waals surface area contributed by atoms with Gasteiger partial charge in [0.25, 0.3) is 5.91 Å². The first-order valence-corrected chi connectivity index (χ1v) is 11.1. The summed E-state index contributed by atoms with van der Waals surface area (Å²) in [5, 5.41) is 7.94. The molecule has 1 fully saturated rings. The molecule has 0 bridgehead atoms. The maximum absolute atomic E-state index is 12.9. The smallest absolute Gasteiger partial charge is 0.407 e. The zero-order valence-corrected chi connectivity index (χ0v) is 18.8. The molecule has 162 valence electrons. The van der Waals surface area contributed by atoms with Gasteiger partial charge in [0.1, 0.15) is 18.0 Å². The normalized spacial score (nSPS) is 15.7. The van der Waals surface area contributed by atoms with Gasteiger partial charge in [0, 0.05) is 17.0 Å². The Morgan fingerprint density at radius 3 is 2.53 bits per heavy atom. The maximum Gasteiger partial charge on any atom is 0.407 e. The molecule has 1 unspecified atom stereocenters. The molecule has 0 saturated heterocycles. The van der Waals surface area contributed by atoms with Gasteiger partial charge < -0.3 is 20.1 Å². The SMILES string of the molecule is CC(C)(C)OC(=O)NCC(C)(NC(=O)c1cccc(OCc2cccs2)c1)C1CC1. The lowest BCUT2D eigenvalue weighted by Crippen LogP contribution is -2.55. The Morgan fingerprint density at radius 1 is 1.13 bits per heavy atom. The van der Waals surface area contributed by atoms with Crippen molar-refractivity contribution in [3.05, 3.63) is 52.2 Å². The number of hydrogen-bond donors (Lipinski definition) is 2. The second-order valence-corrected chi connectivity index (χ2v) is 9.93. The minimum atomic E-state index is -0.563. The fourth-order valence-electron chi connectivity index (χ4n) is 3.19. The summed E-state index contributed by atoms with van der Waals surface area (Å²) in [5.41, 5.74) is -0.572. The van der Waals surface area contributed by atoms with Crippen LogP contribution in [0.15, 0.2) is 41.8 Å². The van der Waals surface area contributed by atoms with E-state index in [1.807, 2.05) is 57.3 Å². The van der Waals surface area contributed by atoms with Crippen LogP contribution in [-0.2, 0) is 11.3 Å². The lowest BCUT2D eigenvalue weighted by atomic mass is 9.95. The number of thiophene rings is 1. The summed E-state index contributed by atoms with van der Waals surface area (Å²) >= 11 is 1.63. The molecule has 0 spiro atoms. The first-order chi connectivity index (χ1) is 14.1. The molecule has 1 heterocycles. The van der Waals surface area contributed by atoms with Crippen LogP contribution in [0.5, 0.6) is 5.75 Å². The second kappa shape index (κ2) is 9.08. The van der Waals surface area contributed by atoms with Crippen molar-refractivity contribution >= 4 is 23.3 Å². The quantitative estimate of drug-likeness (QED) is 0.634. The van der Waals surface area contributed by atoms with E-state index in [1.165, 1.54) is 0 Å². The molecule has 30 heavy (non-hydrogen) atoms. The molecule has 2 aromatic rings. The molecule has 1 aliphatic rings. The molecular weight excluding hydrogens is 400 g/mol. The van der Waals surface area contributed by atoms with Crippen molar-refractivity contribution in [1.82, 2.24) is 10.6 Å². The fraction of sp³-hybridized carbons (Fsp3) is 0.478. The zero-order valence-electron chi connectivity index (χ0n) is 18.0. The van der Waals surface area contributed by atoms with Crippen LogP contribution in [0.3, 0.4) is 0 Å². The average Bonchev–Trinajstić information content (AvgIpc) is 3.41. The van der Waals surface area contributed by atoms with Crippen molar-refractivity contribution in [2.24, 2.45) is 5.92 Å². The third-order valence-electron chi connectivity index (χ3n) is 4.93. The number of benzene rings is 1. The fourth-order valence-corrected chi connectivity index (χ4v) is 3.80. The Labute approximate surface area is 182 Å². The molecule has 1 aromatic carbocycles.